The van der Waals surface area contributed by atoms with Gasteiger partial charge in [-0.1, -0.05) is 13.0 Å². The number of pyridine rings is 1. The maximum Gasteiger partial charge on any atom is 0.176 e. The summed E-state index contributed by atoms with van der Waals surface area (Å²) in [5, 5.41) is 0.949. The van der Waals surface area contributed by atoms with Crippen molar-refractivity contribution in [3.05, 3.63) is 29.7 Å². The maximum absolute atomic E-state index is 5.49. The lowest BCUT2D eigenvalue weighted by molar-refractivity contribution is 0.944. The molecule has 0 saturated carbocycles. The van der Waals surface area contributed by atoms with Crippen LogP contribution in [0.25, 0.3) is 0 Å². The second-order valence-electron chi connectivity index (χ2n) is 3.48. The van der Waals surface area contributed by atoms with E-state index in [0.717, 1.165) is 28.0 Å². The summed E-state index contributed by atoms with van der Waals surface area (Å²) in [5.74, 6) is 0.900. The molecule has 2 rings (SSSR count). The van der Waals surface area contributed by atoms with Gasteiger partial charge in [-0.15, -0.1) is 0 Å². The summed E-state index contributed by atoms with van der Waals surface area (Å²) in [5.41, 5.74) is 6.66. The Kier molecular flexibility index (Phi) is 4.47. The van der Waals surface area contributed by atoms with Gasteiger partial charge in [-0.3, -0.25) is 0 Å². The van der Waals surface area contributed by atoms with Gasteiger partial charge in [0.2, 0.25) is 0 Å². The molecule has 6 heteroatoms. The van der Waals surface area contributed by atoms with E-state index in [2.05, 4.69) is 27.3 Å². The van der Waals surface area contributed by atoms with Crippen molar-refractivity contribution in [3.8, 4) is 0 Å². The Balaban J connectivity index is 2.03. The number of hydrogen-bond donors (Lipinski definition) is 1. The van der Waals surface area contributed by atoms with E-state index in [4.69, 9.17) is 5.73 Å². The predicted octanol–water partition coefficient (Wildman–Crippen LogP) is 2.15. The number of rotatable bonds is 5. The predicted molar refractivity (Wildman–Crippen MR) is 70.4 cm³/mol. The standard InChI is InChI=1S/C11H14N4S2/c1-2-9-14-11(17-15-9)16-10-4-3-8(5-6-12)7-13-10/h3-4,7H,2,5-6,12H2,1H3. The third kappa shape index (κ3) is 3.49. The number of nitrogens with two attached hydrogens (primary N) is 1. The molecule has 2 aromatic rings. The molecule has 2 heterocycles. The van der Waals surface area contributed by atoms with Crippen LogP contribution in [0.4, 0.5) is 0 Å². The van der Waals surface area contributed by atoms with E-state index >= 15 is 0 Å². The van der Waals surface area contributed by atoms with Crippen molar-refractivity contribution in [2.75, 3.05) is 6.54 Å². The molecule has 0 radical (unpaired) electrons. The molecule has 2 N–H and O–H groups in total. The van der Waals surface area contributed by atoms with Crippen LogP contribution in [0.15, 0.2) is 27.7 Å². The Morgan fingerprint density at radius 2 is 2.29 bits per heavy atom. The first-order valence-electron chi connectivity index (χ1n) is 5.47. The van der Waals surface area contributed by atoms with Gasteiger partial charge in [0.1, 0.15) is 10.9 Å². The minimum Gasteiger partial charge on any atom is -0.330 e. The van der Waals surface area contributed by atoms with Crippen molar-refractivity contribution in [1.82, 2.24) is 14.3 Å². The molecule has 0 amide bonds. The molecule has 0 aliphatic carbocycles. The zero-order valence-electron chi connectivity index (χ0n) is 9.59. The molecule has 0 atom stereocenters. The van der Waals surface area contributed by atoms with Crippen molar-refractivity contribution in [2.24, 2.45) is 5.73 Å². The largest absolute Gasteiger partial charge is 0.330 e. The average molecular weight is 266 g/mol. The summed E-state index contributed by atoms with van der Waals surface area (Å²) in [7, 11) is 0. The van der Waals surface area contributed by atoms with E-state index in [-0.39, 0.29) is 0 Å². The molecule has 0 aliphatic rings. The van der Waals surface area contributed by atoms with Crippen LogP contribution >= 0.6 is 23.3 Å². The molecule has 0 saturated heterocycles. The topological polar surface area (TPSA) is 64.7 Å². The molecule has 2 aromatic heterocycles. The second kappa shape index (κ2) is 6.09. The Bertz CT molecular complexity index is 467. The molecule has 0 bridgehead atoms. The SMILES string of the molecule is CCc1nsc(Sc2ccc(CCN)cn2)n1. The Morgan fingerprint density at radius 3 is 2.88 bits per heavy atom. The van der Waals surface area contributed by atoms with E-state index in [1.165, 1.54) is 17.1 Å². The van der Waals surface area contributed by atoms with Gasteiger partial charge in [-0.05, 0) is 47.9 Å². The first-order chi connectivity index (χ1) is 8.31. The molecule has 0 fully saturated rings. The minimum absolute atomic E-state index is 0.657. The van der Waals surface area contributed by atoms with Crippen molar-refractivity contribution in [3.63, 3.8) is 0 Å². The lowest BCUT2D eigenvalue weighted by Crippen LogP contribution is -2.02. The highest BCUT2D eigenvalue weighted by Gasteiger charge is 2.05. The molecule has 0 aliphatic heterocycles. The average Bonchev–Trinajstić information content (AvgIpc) is 2.80. The van der Waals surface area contributed by atoms with Crippen molar-refractivity contribution in [2.45, 2.75) is 29.1 Å². The lowest BCUT2D eigenvalue weighted by Gasteiger charge is -1.99. The van der Waals surface area contributed by atoms with E-state index < -0.39 is 0 Å². The lowest BCUT2D eigenvalue weighted by atomic mass is 10.2. The van der Waals surface area contributed by atoms with Crippen LogP contribution < -0.4 is 5.73 Å². The highest BCUT2D eigenvalue weighted by molar-refractivity contribution is 8.00. The van der Waals surface area contributed by atoms with Crippen LogP contribution in [-0.2, 0) is 12.8 Å². The van der Waals surface area contributed by atoms with Crippen molar-refractivity contribution >= 4 is 23.3 Å². The van der Waals surface area contributed by atoms with Crippen LogP contribution in [0.5, 0.6) is 0 Å². The van der Waals surface area contributed by atoms with Crippen LogP contribution in [0.3, 0.4) is 0 Å². The van der Waals surface area contributed by atoms with Gasteiger partial charge in [-0.25, -0.2) is 9.97 Å². The van der Waals surface area contributed by atoms with E-state index in [9.17, 15) is 0 Å². The molecule has 17 heavy (non-hydrogen) atoms. The Hall–Kier alpha value is -0.980. The number of nitrogens with zero attached hydrogens (tertiary/aromatic N) is 3. The smallest absolute Gasteiger partial charge is 0.176 e. The van der Waals surface area contributed by atoms with E-state index in [0.29, 0.717) is 6.54 Å². The fraction of sp³-hybridized carbons (Fsp3) is 0.364. The van der Waals surface area contributed by atoms with E-state index in [1.54, 1.807) is 11.8 Å². The zero-order chi connectivity index (χ0) is 12.1. The second-order valence-corrected chi connectivity index (χ2v) is 5.49. The summed E-state index contributed by atoms with van der Waals surface area (Å²) in [4.78, 5) is 8.77. The fourth-order valence-electron chi connectivity index (χ4n) is 1.30. The van der Waals surface area contributed by atoms with Crippen molar-refractivity contribution in [1.29, 1.82) is 0 Å². The quantitative estimate of drug-likeness (QED) is 0.898. The third-order valence-electron chi connectivity index (χ3n) is 2.19. The monoisotopic (exact) mass is 266 g/mol. The molecule has 4 nitrogen and oxygen atoms in total. The molecular formula is C11H14N4S2. The van der Waals surface area contributed by atoms with Crippen LogP contribution in [-0.4, -0.2) is 20.9 Å². The fourth-order valence-corrected chi connectivity index (χ4v) is 2.89. The highest BCUT2D eigenvalue weighted by Crippen LogP contribution is 2.27. The van der Waals surface area contributed by atoms with Crippen LogP contribution in [0, 0.1) is 0 Å². The van der Waals surface area contributed by atoms with Gasteiger partial charge < -0.3 is 5.73 Å². The highest BCUT2D eigenvalue weighted by atomic mass is 32.2. The van der Waals surface area contributed by atoms with Crippen molar-refractivity contribution < 1.29 is 0 Å². The van der Waals surface area contributed by atoms with Gasteiger partial charge in [0, 0.05) is 12.6 Å². The Labute approximate surface area is 109 Å². The zero-order valence-corrected chi connectivity index (χ0v) is 11.2. The summed E-state index contributed by atoms with van der Waals surface area (Å²) in [6.07, 6.45) is 3.62. The molecule has 90 valence electrons. The van der Waals surface area contributed by atoms with Crippen LogP contribution in [0.2, 0.25) is 0 Å². The normalized spacial score (nSPS) is 10.7. The number of aryl methyl sites for hydroxylation is 1. The van der Waals surface area contributed by atoms with Crippen LogP contribution in [0.1, 0.15) is 18.3 Å². The van der Waals surface area contributed by atoms with Gasteiger partial charge in [0.05, 0.1) is 0 Å². The third-order valence-corrected chi connectivity index (χ3v) is 3.93. The minimum atomic E-state index is 0.657. The van der Waals surface area contributed by atoms with Gasteiger partial charge >= 0.3 is 0 Å². The summed E-state index contributed by atoms with van der Waals surface area (Å²) >= 11 is 2.98. The molecule has 0 spiro atoms. The first-order valence-corrected chi connectivity index (χ1v) is 7.06. The van der Waals surface area contributed by atoms with Gasteiger partial charge in [0.25, 0.3) is 0 Å². The molecular weight excluding hydrogens is 252 g/mol. The number of aromatic nitrogens is 3. The summed E-state index contributed by atoms with van der Waals surface area (Å²) in [6, 6.07) is 4.06. The molecule has 0 aromatic carbocycles. The molecule has 0 unspecified atom stereocenters. The number of hydrogen-bond acceptors (Lipinski definition) is 6. The maximum atomic E-state index is 5.49. The summed E-state index contributed by atoms with van der Waals surface area (Å²) in [6.45, 7) is 2.71. The van der Waals surface area contributed by atoms with Gasteiger partial charge in [-0.2, -0.15) is 4.37 Å². The van der Waals surface area contributed by atoms with E-state index in [1.807, 2.05) is 12.3 Å². The van der Waals surface area contributed by atoms with Gasteiger partial charge in [0.15, 0.2) is 4.34 Å². The Morgan fingerprint density at radius 1 is 1.41 bits per heavy atom. The summed E-state index contributed by atoms with van der Waals surface area (Å²) < 4.78 is 5.19. The first kappa shape index (κ1) is 12.5.